The van der Waals surface area contributed by atoms with Crippen molar-refractivity contribution >= 4 is 46.2 Å². The molecular weight excluding hydrogens is 517 g/mol. The molecule has 2 aliphatic heterocycles. The molecule has 0 aliphatic carbocycles. The minimum atomic E-state index is -0.705. The number of aliphatic imine (C=N–C) groups is 2. The van der Waals surface area contributed by atoms with Crippen molar-refractivity contribution in [3.05, 3.63) is 101 Å². The Hall–Kier alpha value is -4.31. The lowest BCUT2D eigenvalue weighted by molar-refractivity contribution is -0.122. The number of para-hydroxylation sites is 1. The van der Waals surface area contributed by atoms with Crippen LogP contribution in [0.15, 0.2) is 88.8 Å². The van der Waals surface area contributed by atoms with Crippen LogP contribution in [0.3, 0.4) is 0 Å². The van der Waals surface area contributed by atoms with Crippen molar-refractivity contribution in [2.75, 3.05) is 5.75 Å². The predicted octanol–water partition coefficient (Wildman–Crippen LogP) is 3.93. The minimum Gasteiger partial charge on any atom is -0.352 e. The van der Waals surface area contributed by atoms with Gasteiger partial charge < -0.3 is 10.6 Å². The normalized spacial score (nSPS) is 15.7. The quantitative estimate of drug-likeness (QED) is 0.426. The largest absolute Gasteiger partial charge is 0.352 e. The number of hydrogen-bond donors (Lipinski definition) is 2. The Morgan fingerprint density at radius 3 is 2.28 bits per heavy atom. The molecule has 0 spiro atoms. The van der Waals surface area contributed by atoms with Gasteiger partial charge in [0.05, 0.1) is 11.4 Å². The van der Waals surface area contributed by atoms with Gasteiger partial charge in [0.2, 0.25) is 11.8 Å². The fourth-order valence-electron chi connectivity index (χ4n) is 4.31. The SMILES string of the molecule is O=C(CCC1C(=O)N=C2c3ccccc3N=C(SCC(=O)NCc3ccccc3)N21)NCc1ccc(F)cc1. The van der Waals surface area contributed by atoms with Crippen LogP contribution < -0.4 is 10.6 Å². The van der Waals surface area contributed by atoms with Crippen molar-refractivity contribution in [3.8, 4) is 0 Å². The summed E-state index contributed by atoms with van der Waals surface area (Å²) in [5, 5.41) is 6.20. The highest BCUT2D eigenvalue weighted by Gasteiger charge is 2.41. The number of fused-ring (bicyclic) bond motifs is 3. The number of nitrogens with one attached hydrogen (secondary N) is 2. The standard InChI is InChI=1S/C29H26FN5O3S/c30-21-12-10-20(11-13-21)17-31-25(36)15-14-24-28(38)34-27-22-8-4-5-9-23(22)33-29(35(24)27)39-18-26(37)32-16-19-6-2-1-3-7-19/h1-13,24H,14-18H2,(H,31,36)(H,32,37). The molecule has 2 aliphatic rings. The third kappa shape index (κ3) is 6.40. The Bertz CT molecular complexity index is 1440. The highest BCUT2D eigenvalue weighted by atomic mass is 32.2. The van der Waals surface area contributed by atoms with Gasteiger partial charge in [0.15, 0.2) is 5.17 Å². The fourth-order valence-corrected chi connectivity index (χ4v) is 5.19. The van der Waals surface area contributed by atoms with Gasteiger partial charge in [-0.3, -0.25) is 19.3 Å². The Morgan fingerprint density at radius 1 is 0.846 bits per heavy atom. The maximum Gasteiger partial charge on any atom is 0.270 e. The summed E-state index contributed by atoms with van der Waals surface area (Å²) < 4.78 is 13.1. The lowest BCUT2D eigenvalue weighted by Crippen LogP contribution is -2.44. The first-order chi connectivity index (χ1) is 19.0. The van der Waals surface area contributed by atoms with E-state index < -0.39 is 6.04 Å². The van der Waals surface area contributed by atoms with Crippen molar-refractivity contribution in [2.45, 2.75) is 32.0 Å². The number of amides is 3. The van der Waals surface area contributed by atoms with Gasteiger partial charge in [-0.05, 0) is 41.8 Å². The molecule has 39 heavy (non-hydrogen) atoms. The fraction of sp³-hybridized carbons (Fsp3) is 0.207. The Labute approximate surface area is 229 Å². The maximum atomic E-state index is 13.1. The number of halogens is 1. The van der Waals surface area contributed by atoms with E-state index in [9.17, 15) is 18.8 Å². The molecule has 1 unspecified atom stereocenters. The molecule has 2 heterocycles. The molecule has 3 aromatic carbocycles. The first-order valence-electron chi connectivity index (χ1n) is 12.5. The lowest BCUT2D eigenvalue weighted by atomic mass is 10.1. The van der Waals surface area contributed by atoms with E-state index in [1.807, 2.05) is 54.6 Å². The predicted molar refractivity (Wildman–Crippen MR) is 149 cm³/mol. The highest BCUT2D eigenvalue weighted by molar-refractivity contribution is 8.14. The highest BCUT2D eigenvalue weighted by Crippen LogP contribution is 2.35. The molecule has 2 N–H and O–H groups in total. The van der Waals surface area contributed by atoms with Crippen LogP contribution in [0.1, 0.15) is 29.5 Å². The van der Waals surface area contributed by atoms with E-state index in [2.05, 4.69) is 15.6 Å². The summed E-state index contributed by atoms with van der Waals surface area (Å²) in [6, 6.07) is 22.2. The van der Waals surface area contributed by atoms with Gasteiger partial charge in [-0.1, -0.05) is 66.4 Å². The third-order valence-electron chi connectivity index (χ3n) is 6.32. The zero-order chi connectivity index (χ0) is 27.2. The van der Waals surface area contributed by atoms with Crippen LogP contribution in [0, 0.1) is 5.82 Å². The number of benzene rings is 3. The first kappa shape index (κ1) is 26.3. The van der Waals surface area contributed by atoms with E-state index >= 15 is 0 Å². The average molecular weight is 544 g/mol. The summed E-state index contributed by atoms with van der Waals surface area (Å²) in [5.74, 6) is -0.496. The molecule has 1 atom stereocenters. The summed E-state index contributed by atoms with van der Waals surface area (Å²) in [7, 11) is 0. The second-order valence-corrected chi connectivity index (χ2v) is 10.0. The minimum absolute atomic E-state index is 0.0913. The monoisotopic (exact) mass is 543 g/mol. The second-order valence-electron chi connectivity index (χ2n) is 9.06. The molecule has 0 fully saturated rings. The molecule has 5 rings (SSSR count). The van der Waals surface area contributed by atoms with E-state index in [-0.39, 0.29) is 48.7 Å². The van der Waals surface area contributed by atoms with Crippen molar-refractivity contribution in [1.29, 1.82) is 0 Å². The van der Waals surface area contributed by atoms with E-state index in [1.54, 1.807) is 17.0 Å². The van der Waals surface area contributed by atoms with Gasteiger partial charge in [0, 0.05) is 25.1 Å². The molecule has 0 radical (unpaired) electrons. The number of thioether (sulfide) groups is 1. The van der Waals surface area contributed by atoms with Crippen molar-refractivity contribution in [1.82, 2.24) is 15.5 Å². The zero-order valence-corrected chi connectivity index (χ0v) is 21.8. The summed E-state index contributed by atoms with van der Waals surface area (Å²) in [5.41, 5.74) is 3.17. The van der Waals surface area contributed by atoms with E-state index in [1.165, 1.54) is 23.9 Å². The molecule has 3 amide bonds. The summed E-state index contributed by atoms with van der Waals surface area (Å²) in [4.78, 5) is 48.9. The molecule has 0 saturated carbocycles. The van der Waals surface area contributed by atoms with Gasteiger partial charge in [-0.15, -0.1) is 0 Å². The van der Waals surface area contributed by atoms with Crippen molar-refractivity contribution in [3.63, 3.8) is 0 Å². The summed E-state index contributed by atoms with van der Waals surface area (Å²) in [6.45, 7) is 0.678. The Morgan fingerprint density at radius 2 is 1.51 bits per heavy atom. The molecule has 3 aromatic rings. The van der Waals surface area contributed by atoms with E-state index in [0.717, 1.165) is 16.7 Å². The zero-order valence-electron chi connectivity index (χ0n) is 21.0. The molecule has 0 saturated heterocycles. The van der Waals surface area contributed by atoms with Crippen LogP contribution in [0.25, 0.3) is 0 Å². The smallest absolute Gasteiger partial charge is 0.270 e. The first-order valence-corrected chi connectivity index (χ1v) is 13.5. The van der Waals surface area contributed by atoms with Crippen molar-refractivity contribution in [2.24, 2.45) is 9.98 Å². The topological polar surface area (TPSA) is 103 Å². The summed E-state index contributed by atoms with van der Waals surface area (Å²) in [6.07, 6.45) is 0.317. The van der Waals surface area contributed by atoms with Gasteiger partial charge in [0.25, 0.3) is 5.91 Å². The van der Waals surface area contributed by atoms with E-state index in [4.69, 9.17) is 4.99 Å². The Balaban J connectivity index is 1.23. The molecule has 0 bridgehead atoms. The lowest BCUT2D eigenvalue weighted by Gasteiger charge is -2.31. The number of hydrogen-bond acceptors (Lipinski definition) is 6. The third-order valence-corrected chi connectivity index (χ3v) is 7.27. The molecular formula is C29H26FN5O3S. The number of carbonyl (C=O) groups is 3. The Kier molecular flexibility index (Phi) is 8.12. The van der Waals surface area contributed by atoms with Crippen LogP contribution in [0.2, 0.25) is 0 Å². The van der Waals surface area contributed by atoms with Crippen LogP contribution in [0.5, 0.6) is 0 Å². The molecule has 8 nitrogen and oxygen atoms in total. The average Bonchev–Trinajstić information content (AvgIpc) is 3.30. The molecule has 10 heteroatoms. The van der Waals surface area contributed by atoms with Gasteiger partial charge >= 0.3 is 0 Å². The number of amidine groups is 2. The van der Waals surface area contributed by atoms with Crippen molar-refractivity contribution < 1.29 is 18.8 Å². The number of nitrogens with zero attached hydrogens (tertiary/aromatic N) is 3. The number of rotatable bonds is 9. The van der Waals surface area contributed by atoms with Gasteiger partial charge in [-0.25, -0.2) is 9.38 Å². The van der Waals surface area contributed by atoms with Crippen LogP contribution >= 0.6 is 11.8 Å². The number of carbonyl (C=O) groups excluding carboxylic acids is 3. The second kappa shape index (κ2) is 12.0. The van der Waals surface area contributed by atoms with Gasteiger partial charge in [0.1, 0.15) is 17.7 Å². The molecule has 198 valence electrons. The van der Waals surface area contributed by atoms with Gasteiger partial charge in [-0.2, -0.15) is 4.99 Å². The van der Waals surface area contributed by atoms with Crippen LogP contribution in [-0.4, -0.2) is 45.4 Å². The van der Waals surface area contributed by atoms with Crippen LogP contribution in [0.4, 0.5) is 10.1 Å². The summed E-state index contributed by atoms with van der Waals surface area (Å²) >= 11 is 1.23. The molecule has 0 aromatic heterocycles. The van der Waals surface area contributed by atoms with E-state index in [0.29, 0.717) is 23.2 Å². The van der Waals surface area contributed by atoms with Crippen LogP contribution in [-0.2, 0) is 27.5 Å². The maximum absolute atomic E-state index is 13.1.